The van der Waals surface area contributed by atoms with Crippen LogP contribution in [0.1, 0.15) is 99.3 Å². The van der Waals surface area contributed by atoms with E-state index in [1.54, 1.807) is 21.0 Å². The molecular weight excluding hydrogens is 865 g/mol. The van der Waals surface area contributed by atoms with E-state index >= 15 is 0 Å². The van der Waals surface area contributed by atoms with Crippen LogP contribution in [0.15, 0.2) is 12.2 Å². The largest absolute Gasteiger partial charge is 0.394 e. The normalized spacial score (nSPS) is 54.6. The molecule has 380 valence electrons. The van der Waals surface area contributed by atoms with Crippen LogP contribution in [0.25, 0.3) is 0 Å². The monoisotopic (exact) mass is 945 g/mol. The van der Waals surface area contributed by atoms with Crippen LogP contribution in [0, 0.1) is 34.5 Å². The molecule has 66 heavy (non-hydrogen) atoms. The molecule has 3 saturated carbocycles. The van der Waals surface area contributed by atoms with Gasteiger partial charge in [-0.05, 0) is 102 Å². The van der Waals surface area contributed by atoms with Crippen molar-refractivity contribution in [1.29, 1.82) is 0 Å². The van der Waals surface area contributed by atoms with Gasteiger partial charge in [0.1, 0.15) is 54.9 Å². The Labute approximate surface area is 389 Å². The standard InChI is InChI=1S/C48H80O18/c1-22-36(50)43(58-9)40(54)45(61-22)63-27-12-15-46(5)26(18-27)10-11-28-29(46)13-16-47(6)30(28)14-17-48(47,55)25(4)62-34-19-31(56-7)41(23(2)59-34)65-35-20-32(57-8)42(24(3)60-35)66-44-39(53)38(52)37(51)33(21-49)64-44/h10-11,22-45,49-55H,12-21H2,1-9H3/t22-,23-,24-,25-,26+,27+,28-,29+,30+,31+,32+,33-,34+,35+,36+,37-,38+,39-,40-,41+,42+,43+,44+,45+,46+,47+,48+/m1/s1. The summed E-state index contributed by atoms with van der Waals surface area (Å²) in [6.45, 7) is 11.6. The Balaban J connectivity index is 0.861. The van der Waals surface area contributed by atoms with Gasteiger partial charge in [-0.1, -0.05) is 26.0 Å². The number of hydrogen-bond donors (Lipinski definition) is 7. The second kappa shape index (κ2) is 20.3. The quantitative estimate of drug-likeness (QED) is 0.130. The minimum absolute atomic E-state index is 0.0720. The van der Waals surface area contributed by atoms with Gasteiger partial charge in [0.25, 0.3) is 0 Å². The highest BCUT2D eigenvalue weighted by atomic mass is 16.8. The van der Waals surface area contributed by atoms with Gasteiger partial charge in [-0.15, -0.1) is 0 Å². The van der Waals surface area contributed by atoms with Crippen LogP contribution >= 0.6 is 0 Å². The summed E-state index contributed by atoms with van der Waals surface area (Å²) in [4.78, 5) is 0. The highest BCUT2D eigenvalue weighted by Crippen LogP contribution is 2.67. The zero-order valence-corrected chi connectivity index (χ0v) is 40.2. The van der Waals surface area contributed by atoms with Crippen molar-refractivity contribution in [3.05, 3.63) is 12.2 Å². The first-order chi connectivity index (χ1) is 31.3. The summed E-state index contributed by atoms with van der Waals surface area (Å²) in [5.74, 6) is 1.39. The smallest absolute Gasteiger partial charge is 0.187 e. The van der Waals surface area contributed by atoms with Crippen molar-refractivity contribution in [2.45, 2.75) is 228 Å². The average Bonchev–Trinajstić information content (AvgIpc) is 3.58. The van der Waals surface area contributed by atoms with Gasteiger partial charge in [0.05, 0.1) is 54.9 Å². The average molecular weight is 945 g/mol. The van der Waals surface area contributed by atoms with E-state index in [1.807, 2.05) is 13.8 Å². The molecule has 0 aromatic carbocycles. The van der Waals surface area contributed by atoms with Crippen molar-refractivity contribution in [3.63, 3.8) is 0 Å². The maximum Gasteiger partial charge on any atom is 0.187 e. The molecule has 18 nitrogen and oxygen atoms in total. The molecule has 4 aliphatic heterocycles. The third kappa shape index (κ3) is 9.12. The van der Waals surface area contributed by atoms with Crippen molar-refractivity contribution in [1.82, 2.24) is 0 Å². The van der Waals surface area contributed by atoms with Gasteiger partial charge in [0, 0.05) is 39.6 Å². The van der Waals surface area contributed by atoms with Crippen molar-refractivity contribution in [2.24, 2.45) is 34.5 Å². The molecule has 0 aromatic heterocycles. The number of hydrogen-bond acceptors (Lipinski definition) is 18. The van der Waals surface area contributed by atoms with Gasteiger partial charge in [0.2, 0.25) is 0 Å². The summed E-state index contributed by atoms with van der Waals surface area (Å²) in [6.07, 6.45) is -5.16. The molecule has 7 N–H and O–H groups in total. The van der Waals surface area contributed by atoms with Gasteiger partial charge in [0.15, 0.2) is 25.2 Å². The number of methoxy groups -OCH3 is 3. The molecule has 0 unspecified atom stereocenters. The molecule has 18 heteroatoms. The van der Waals surface area contributed by atoms with E-state index in [0.29, 0.717) is 30.6 Å². The summed E-state index contributed by atoms with van der Waals surface area (Å²) in [5, 5.41) is 75.0. The van der Waals surface area contributed by atoms with E-state index in [2.05, 4.69) is 26.0 Å². The van der Waals surface area contributed by atoms with E-state index in [4.69, 9.17) is 52.1 Å². The lowest BCUT2D eigenvalue weighted by molar-refractivity contribution is -0.354. The molecule has 4 aliphatic carbocycles. The fraction of sp³-hybridized carbons (Fsp3) is 0.958. The lowest BCUT2D eigenvalue weighted by Crippen LogP contribution is -2.62. The van der Waals surface area contributed by atoms with Crippen LogP contribution in [0.5, 0.6) is 0 Å². The van der Waals surface area contributed by atoms with E-state index in [0.717, 1.165) is 38.5 Å². The summed E-state index contributed by atoms with van der Waals surface area (Å²) in [7, 11) is 4.64. The van der Waals surface area contributed by atoms with Crippen molar-refractivity contribution >= 4 is 0 Å². The highest BCUT2D eigenvalue weighted by molar-refractivity contribution is 5.21. The second-order valence-electron chi connectivity index (χ2n) is 21.4. The Morgan fingerprint density at radius 2 is 1.26 bits per heavy atom. The fourth-order valence-corrected chi connectivity index (χ4v) is 13.9. The van der Waals surface area contributed by atoms with Gasteiger partial charge >= 0.3 is 0 Å². The molecule has 0 amide bonds. The van der Waals surface area contributed by atoms with Crippen LogP contribution in [0.2, 0.25) is 0 Å². The summed E-state index contributed by atoms with van der Waals surface area (Å²) >= 11 is 0. The van der Waals surface area contributed by atoms with E-state index in [-0.39, 0.29) is 29.3 Å². The summed E-state index contributed by atoms with van der Waals surface area (Å²) < 4.78 is 67.3. The Morgan fingerprint density at radius 3 is 1.92 bits per heavy atom. The maximum atomic E-state index is 12.8. The van der Waals surface area contributed by atoms with Crippen LogP contribution < -0.4 is 0 Å². The van der Waals surface area contributed by atoms with Crippen molar-refractivity contribution in [3.8, 4) is 0 Å². The third-order valence-corrected chi connectivity index (χ3v) is 18.0. The van der Waals surface area contributed by atoms with E-state index in [9.17, 15) is 35.7 Å². The first-order valence-electron chi connectivity index (χ1n) is 24.6. The Hall–Kier alpha value is -0.980. The van der Waals surface area contributed by atoms with Crippen LogP contribution in [0.4, 0.5) is 0 Å². The topological polar surface area (TPSA) is 243 Å². The lowest BCUT2D eigenvalue weighted by atomic mass is 9.46. The predicted molar refractivity (Wildman–Crippen MR) is 232 cm³/mol. The molecular formula is C48H80O18. The Bertz CT molecular complexity index is 1640. The molecule has 0 radical (unpaired) electrons. The minimum atomic E-state index is -1.58. The molecule has 0 aromatic rings. The SMILES string of the molecule is CO[C@H]1[C@@H](O)[C@@H](C)O[C@@H](O[C@H]2CC[C@@]3(C)[C@@H](C=C[C@@H]4[C@@H]3CC[C@@]3(C)[C@H]4CC[C@]3(O)[C@@H](C)O[C@H]3C[C@H](OC)[C@@H](O[C@H]4C[C@H](OC)[C@@H](O[C@@H]5O[C@H](CO)[C@@H](O)[C@H](O)[C@H]5O)[C@@H](C)O4)[C@@H](C)O3)C2)[C@@H]1O. The molecule has 0 spiro atoms. The van der Waals surface area contributed by atoms with Crippen molar-refractivity contribution < 1.29 is 87.9 Å². The molecule has 8 rings (SSSR count). The van der Waals surface area contributed by atoms with Gasteiger partial charge in [-0.3, -0.25) is 0 Å². The zero-order chi connectivity index (χ0) is 47.6. The first kappa shape index (κ1) is 51.4. The maximum absolute atomic E-state index is 12.8. The number of ether oxygens (including phenoxy) is 11. The first-order valence-corrected chi connectivity index (χ1v) is 24.6. The van der Waals surface area contributed by atoms with Crippen LogP contribution in [-0.4, -0.2) is 192 Å². The number of fused-ring (bicyclic) bond motifs is 5. The Morgan fingerprint density at radius 1 is 0.621 bits per heavy atom. The van der Waals surface area contributed by atoms with Crippen molar-refractivity contribution in [2.75, 3.05) is 27.9 Å². The molecule has 4 heterocycles. The number of rotatable bonds is 13. The minimum Gasteiger partial charge on any atom is -0.394 e. The molecule has 27 atom stereocenters. The van der Waals surface area contributed by atoms with Gasteiger partial charge in [-0.25, -0.2) is 0 Å². The number of allylic oxidation sites excluding steroid dienone is 2. The predicted octanol–water partition coefficient (Wildman–Crippen LogP) is 1.68. The van der Waals surface area contributed by atoms with Crippen LogP contribution in [-0.2, 0) is 52.1 Å². The Kier molecular flexibility index (Phi) is 15.8. The fourth-order valence-electron chi connectivity index (χ4n) is 13.9. The van der Waals surface area contributed by atoms with Gasteiger partial charge in [-0.2, -0.15) is 0 Å². The highest BCUT2D eigenvalue weighted by Gasteiger charge is 2.66. The molecule has 4 saturated heterocycles. The lowest BCUT2D eigenvalue weighted by Gasteiger charge is -2.60. The number of aliphatic hydroxyl groups excluding tert-OH is 6. The van der Waals surface area contributed by atoms with Gasteiger partial charge < -0.3 is 87.9 Å². The number of aliphatic hydroxyl groups is 7. The summed E-state index contributed by atoms with van der Waals surface area (Å²) in [5.41, 5.74) is -1.38. The zero-order valence-electron chi connectivity index (χ0n) is 40.2. The third-order valence-electron chi connectivity index (χ3n) is 18.0. The molecule has 7 fully saturated rings. The van der Waals surface area contributed by atoms with Crippen LogP contribution in [0.3, 0.4) is 0 Å². The van der Waals surface area contributed by atoms with E-state index in [1.165, 1.54) is 14.2 Å². The molecule has 0 bridgehead atoms. The molecule has 8 aliphatic rings. The van der Waals surface area contributed by atoms with E-state index < -0.39 is 129 Å². The summed E-state index contributed by atoms with van der Waals surface area (Å²) in [6, 6.07) is 0. The second-order valence-corrected chi connectivity index (χ2v) is 21.4.